The van der Waals surface area contributed by atoms with Gasteiger partial charge in [0.25, 0.3) is 0 Å². The molecular weight excluding hydrogens is 492 g/mol. The summed E-state index contributed by atoms with van der Waals surface area (Å²) in [5.41, 5.74) is 4.84. The van der Waals surface area contributed by atoms with E-state index in [9.17, 15) is 4.79 Å². The molecule has 0 N–H and O–H groups in total. The molecule has 0 aromatic heterocycles. The third-order valence-electron chi connectivity index (χ3n) is 7.69. The molecule has 5 rings (SSSR count). The highest BCUT2D eigenvalue weighted by atomic mass is 16.5. The van der Waals surface area contributed by atoms with Crippen LogP contribution in [0.2, 0.25) is 0 Å². The van der Waals surface area contributed by atoms with Crippen LogP contribution < -0.4 is 9.47 Å². The highest BCUT2D eigenvalue weighted by Crippen LogP contribution is 2.35. The fourth-order valence-corrected chi connectivity index (χ4v) is 4.94. The van der Waals surface area contributed by atoms with Crippen molar-refractivity contribution in [2.24, 2.45) is 0 Å². The molecule has 0 fully saturated rings. The first kappa shape index (κ1) is 27.0. The van der Waals surface area contributed by atoms with Gasteiger partial charge in [0.1, 0.15) is 22.8 Å². The van der Waals surface area contributed by atoms with Crippen LogP contribution in [-0.4, -0.2) is 5.97 Å². The average molecular weight is 527 g/mol. The molecule has 3 heteroatoms. The summed E-state index contributed by atoms with van der Waals surface area (Å²) in [5.74, 6) is 1.12. The molecule has 0 unspecified atom stereocenters. The van der Waals surface area contributed by atoms with Gasteiger partial charge < -0.3 is 9.47 Å². The van der Waals surface area contributed by atoms with Gasteiger partial charge in [-0.05, 0) is 58.7 Å². The highest BCUT2D eigenvalue weighted by molar-refractivity contribution is 5.94. The summed E-state index contributed by atoms with van der Waals surface area (Å²) in [6.45, 7) is 8.79. The predicted molar refractivity (Wildman–Crippen MR) is 161 cm³/mol. The van der Waals surface area contributed by atoms with Gasteiger partial charge >= 0.3 is 5.97 Å². The maximum atomic E-state index is 13.2. The van der Waals surface area contributed by atoms with E-state index < -0.39 is 5.97 Å². The number of hydrogen-bond donors (Lipinski definition) is 0. The lowest BCUT2D eigenvalue weighted by Crippen LogP contribution is -2.18. The van der Waals surface area contributed by atoms with Crippen LogP contribution in [0.15, 0.2) is 133 Å². The predicted octanol–water partition coefficient (Wildman–Crippen LogP) is 9.35. The van der Waals surface area contributed by atoms with Gasteiger partial charge in [0.15, 0.2) is 0 Å². The van der Waals surface area contributed by atoms with E-state index in [0.717, 1.165) is 5.56 Å². The molecule has 0 aliphatic carbocycles. The van der Waals surface area contributed by atoms with Crippen molar-refractivity contribution in [1.29, 1.82) is 0 Å². The van der Waals surface area contributed by atoms with Crippen molar-refractivity contribution >= 4 is 5.97 Å². The Balaban J connectivity index is 1.30. The smallest absolute Gasteiger partial charge is 0.347 e. The van der Waals surface area contributed by atoms with Gasteiger partial charge in [0.2, 0.25) is 0 Å². The maximum absolute atomic E-state index is 13.2. The summed E-state index contributed by atoms with van der Waals surface area (Å²) in [6.07, 6.45) is 0. The van der Waals surface area contributed by atoms with E-state index in [1.165, 1.54) is 16.7 Å². The van der Waals surface area contributed by atoms with E-state index in [1.807, 2.05) is 66.7 Å². The second-order valence-corrected chi connectivity index (χ2v) is 11.0. The second-order valence-electron chi connectivity index (χ2n) is 11.0. The van der Waals surface area contributed by atoms with Gasteiger partial charge in [-0.15, -0.1) is 0 Å². The van der Waals surface area contributed by atoms with Crippen LogP contribution >= 0.6 is 0 Å². The van der Waals surface area contributed by atoms with Crippen LogP contribution in [0.3, 0.4) is 0 Å². The number of ether oxygens (including phenoxy) is 2. The zero-order valence-corrected chi connectivity index (χ0v) is 23.4. The van der Waals surface area contributed by atoms with Gasteiger partial charge in [0.05, 0.1) is 0 Å². The van der Waals surface area contributed by atoms with Gasteiger partial charge in [-0.1, -0.05) is 125 Å². The van der Waals surface area contributed by atoms with E-state index in [2.05, 4.69) is 76.2 Å². The summed E-state index contributed by atoms with van der Waals surface area (Å²) in [4.78, 5) is 13.2. The molecule has 0 aliphatic rings. The van der Waals surface area contributed by atoms with Crippen molar-refractivity contribution in [3.63, 3.8) is 0 Å². The van der Waals surface area contributed by atoms with Crippen molar-refractivity contribution in [1.82, 2.24) is 0 Å². The van der Waals surface area contributed by atoms with Crippen molar-refractivity contribution in [2.45, 2.75) is 38.5 Å². The second kappa shape index (κ2) is 11.2. The molecule has 0 spiro atoms. The quantitative estimate of drug-likeness (QED) is 0.149. The highest BCUT2D eigenvalue weighted by Gasteiger charge is 2.24. The zero-order chi connectivity index (χ0) is 28.2. The molecule has 5 aromatic rings. The first-order valence-electron chi connectivity index (χ1n) is 13.6. The van der Waals surface area contributed by atoms with Crippen molar-refractivity contribution in [3.05, 3.63) is 161 Å². The van der Waals surface area contributed by atoms with Gasteiger partial charge in [-0.2, -0.15) is 0 Å². The lowest BCUT2D eigenvalue weighted by molar-refractivity contribution is 0.0732. The Morgan fingerprint density at radius 2 is 0.875 bits per heavy atom. The monoisotopic (exact) mass is 526 g/mol. The zero-order valence-electron chi connectivity index (χ0n) is 23.4. The van der Waals surface area contributed by atoms with E-state index in [-0.39, 0.29) is 10.8 Å². The fraction of sp³-hybridized carbons (Fsp3) is 0.162. The lowest BCUT2D eigenvalue weighted by Gasteiger charge is -2.26. The number of esters is 1. The molecule has 0 radical (unpaired) electrons. The Hall–Kier alpha value is -4.63. The third-order valence-corrected chi connectivity index (χ3v) is 7.69. The Labute approximate surface area is 237 Å². The molecule has 0 amide bonds. The number of rotatable bonds is 8. The van der Waals surface area contributed by atoms with Crippen LogP contribution in [0.4, 0.5) is 0 Å². The molecule has 0 atom stereocenters. The normalized spacial score (nSPS) is 11.6. The molecule has 3 nitrogen and oxygen atoms in total. The summed E-state index contributed by atoms with van der Waals surface area (Å²) < 4.78 is 11.9. The summed E-state index contributed by atoms with van der Waals surface area (Å²) >= 11 is 0. The summed E-state index contributed by atoms with van der Waals surface area (Å²) in [7, 11) is 0. The molecule has 0 saturated carbocycles. The van der Waals surface area contributed by atoms with Gasteiger partial charge in [-0.3, -0.25) is 0 Å². The minimum Gasteiger partial charge on any atom is -0.456 e. The molecule has 0 bridgehead atoms. The van der Waals surface area contributed by atoms with E-state index in [0.29, 0.717) is 22.8 Å². The topological polar surface area (TPSA) is 35.5 Å². The molecule has 0 saturated heterocycles. The minimum atomic E-state index is -0.465. The van der Waals surface area contributed by atoms with Crippen molar-refractivity contribution in [3.8, 4) is 17.2 Å². The third kappa shape index (κ3) is 5.69. The van der Waals surface area contributed by atoms with E-state index in [4.69, 9.17) is 9.47 Å². The number of para-hydroxylation sites is 1. The largest absolute Gasteiger partial charge is 0.456 e. The standard InChI is InChI=1S/C37H34O3/c1-36(2,27-13-7-5-8-14-27)29-19-23-31(24-20-29)39-34-18-12-11-17-33(34)35(38)40-32-25-21-30(22-26-32)37(3,4)28-15-9-6-10-16-28/h5-26H,1-4H3. The number of carbonyl (C=O) groups is 1. The van der Waals surface area contributed by atoms with Crippen molar-refractivity contribution in [2.75, 3.05) is 0 Å². The maximum Gasteiger partial charge on any atom is 0.347 e. The van der Waals surface area contributed by atoms with Crippen molar-refractivity contribution < 1.29 is 14.3 Å². The van der Waals surface area contributed by atoms with E-state index >= 15 is 0 Å². The van der Waals surface area contributed by atoms with E-state index in [1.54, 1.807) is 18.2 Å². The molecule has 40 heavy (non-hydrogen) atoms. The molecular formula is C37H34O3. The van der Waals surface area contributed by atoms with Gasteiger partial charge in [0, 0.05) is 10.8 Å². The fourth-order valence-electron chi connectivity index (χ4n) is 4.94. The van der Waals surface area contributed by atoms with Crippen LogP contribution in [-0.2, 0) is 10.8 Å². The molecule has 5 aromatic carbocycles. The van der Waals surface area contributed by atoms with Crippen LogP contribution in [0.5, 0.6) is 17.2 Å². The molecule has 0 aliphatic heterocycles. The Morgan fingerprint density at radius 3 is 1.38 bits per heavy atom. The summed E-state index contributed by atoms with van der Waals surface area (Å²) in [6, 6.07) is 43.7. The number of benzene rings is 5. The SMILES string of the molecule is CC(C)(c1ccccc1)c1ccc(OC(=O)c2ccccc2Oc2ccc(C(C)(C)c3ccccc3)cc2)cc1. The minimum absolute atomic E-state index is 0.145. The Kier molecular flexibility index (Phi) is 7.57. The van der Waals surface area contributed by atoms with Crippen LogP contribution in [0.25, 0.3) is 0 Å². The van der Waals surface area contributed by atoms with Crippen LogP contribution in [0, 0.1) is 0 Å². The summed E-state index contributed by atoms with van der Waals surface area (Å²) in [5, 5.41) is 0. The molecule has 0 heterocycles. The Bertz CT molecular complexity index is 1570. The molecule has 200 valence electrons. The van der Waals surface area contributed by atoms with Crippen LogP contribution in [0.1, 0.15) is 60.3 Å². The van der Waals surface area contributed by atoms with Gasteiger partial charge in [-0.25, -0.2) is 4.79 Å². The average Bonchev–Trinajstić information content (AvgIpc) is 2.99. The first-order chi connectivity index (χ1) is 19.2. The Morgan fingerprint density at radius 1 is 0.475 bits per heavy atom. The first-order valence-corrected chi connectivity index (χ1v) is 13.6. The number of carbonyl (C=O) groups excluding carboxylic acids is 1. The lowest BCUT2D eigenvalue weighted by atomic mass is 9.78. The number of hydrogen-bond acceptors (Lipinski definition) is 3.